The predicted octanol–water partition coefficient (Wildman–Crippen LogP) is 5.23. The Labute approximate surface area is 204 Å². The van der Waals surface area contributed by atoms with Gasteiger partial charge in [0.05, 0.1) is 18.9 Å². The first-order chi connectivity index (χ1) is 16.3. The van der Waals surface area contributed by atoms with Crippen LogP contribution in [0, 0.1) is 6.92 Å². The lowest BCUT2D eigenvalue weighted by molar-refractivity contribution is -0.122. The van der Waals surface area contributed by atoms with Crippen LogP contribution in [0.5, 0.6) is 11.5 Å². The average Bonchev–Trinajstić information content (AvgIpc) is 2.78. The van der Waals surface area contributed by atoms with Crippen LogP contribution in [-0.4, -0.2) is 31.1 Å². The fourth-order valence-electron chi connectivity index (χ4n) is 3.57. The third kappa shape index (κ3) is 5.31. The average molecular weight is 483 g/mol. The van der Waals surface area contributed by atoms with Gasteiger partial charge in [0.2, 0.25) is 0 Å². The number of halogens is 1. The van der Waals surface area contributed by atoms with Crippen LogP contribution in [0.15, 0.2) is 48.6 Å². The summed E-state index contributed by atoms with van der Waals surface area (Å²) in [5.41, 5.74) is 2.14. The van der Waals surface area contributed by atoms with Gasteiger partial charge in [-0.15, -0.1) is 6.58 Å². The van der Waals surface area contributed by atoms with E-state index in [1.165, 1.54) is 12.1 Å². The van der Waals surface area contributed by atoms with Gasteiger partial charge in [-0.1, -0.05) is 30.7 Å². The second-order valence-corrected chi connectivity index (χ2v) is 8.11. The Morgan fingerprint density at radius 2 is 1.88 bits per heavy atom. The number of benzene rings is 2. The van der Waals surface area contributed by atoms with E-state index in [0.717, 1.165) is 16.9 Å². The first kappa shape index (κ1) is 25.1. The Morgan fingerprint density at radius 3 is 2.56 bits per heavy atom. The predicted molar refractivity (Wildman–Crippen MR) is 132 cm³/mol. The molecule has 0 atom stereocenters. The number of imide groups is 2. The summed E-state index contributed by atoms with van der Waals surface area (Å²) >= 11 is 6.09. The lowest BCUT2D eigenvalue weighted by Gasteiger charge is -2.27. The van der Waals surface area contributed by atoms with E-state index in [1.807, 2.05) is 19.9 Å². The van der Waals surface area contributed by atoms with Crippen LogP contribution in [0.2, 0.25) is 5.02 Å². The molecule has 0 aromatic heterocycles. The first-order valence-corrected chi connectivity index (χ1v) is 11.4. The van der Waals surface area contributed by atoms with Crippen molar-refractivity contribution in [3.63, 3.8) is 0 Å². The highest BCUT2D eigenvalue weighted by Gasteiger charge is 2.37. The zero-order chi connectivity index (χ0) is 24.8. The summed E-state index contributed by atoms with van der Waals surface area (Å²) in [7, 11) is 0. The number of carbonyl (C=O) groups is 3. The molecule has 2 aromatic carbocycles. The molecule has 178 valence electrons. The fourth-order valence-corrected chi connectivity index (χ4v) is 3.74. The minimum absolute atomic E-state index is 0.187. The molecule has 8 heteroatoms. The van der Waals surface area contributed by atoms with Crippen LogP contribution in [0.1, 0.15) is 37.0 Å². The van der Waals surface area contributed by atoms with E-state index < -0.39 is 17.8 Å². The number of amides is 4. The lowest BCUT2D eigenvalue weighted by atomic mass is 10.0. The fraction of sp³-hybridized carbons (Fsp3) is 0.269. The molecule has 0 bridgehead atoms. The van der Waals surface area contributed by atoms with Crippen LogP contribution in [-0.2, 0) is 16.0 Å². The molecule has 1 heterocycles. The smallest absolute Gasteiger partial charge is 0.335 e. The van der Waals surface area contributed by atoms with Crippen molar-refractivity contribution in [3.8, 4) is 11.5 Å². The summed E-state index contributed by atoms with van der Waals surface area (Å²) in [4.78, 5) is 39.4. The van der Waals surface area contributed by atoms with Crippen molar-refractivity contribution in [2.24, 2.45) is 0 Å². The summed E-state index contributed by atoms with van der Waals surface area (Å²) in [6, 6.07) is 7.56. The number of urea groups is 1. The molecule has 1 aliphatic heterocycles. The number of allylic oxidation sites excluding steroid dienone is 1. The molecule has 0 unspecified atom stereocenters. The molecule has 3 rings (SSSR count). The van der Waals surface area contributed by atoms with Gasteiger partial charge < -0.3 is 9.47 Å². The van der Waals surface area contributed by atoms with Gasteiger partial charge in [-0.3, -0.25) is 14.9 Å². The van der Waals surface area contributed by atoms with Crippen LogP contribution in [0.3, 0.4) is 0 Å². The molecule has 1 fully saturated rings. The number of ether oxygens (including phenoxy) is 2. The highest BCUT2D eigenvalue weighted by Crippen LogP contribution is 2.35. The molecule has 4 amide bonds. The molecular weight excluding hydrogens is 456 g/mol. The number of nitrogens with zero attached hydrogens (tertiary/aromatic N) is 1. The van der Waals surface area contributed by atoms with Crippen LogP contribution < -0.4 is 19.7 Å². The number of rotatable bonds is 9. The van der Waals surface area contributed by atoms with E-state index in [0.29, 0.717) is 53.0 Å². The van der Waals surface area contributed by atoms with Crippen molar-refractivity contribution >= 4 is 41.2 Å². The molecule has 2 aromatic rings. The Hall–Kier alpha value is -3.58. The van der Waals surface area contributed by atoms with E-state index in [4.69, 9.17) is 21.1 Å². The monoisotopic (exact) mass is 482 g/mol. The molecule has 34 heavy (non-hydrogen) atoms. The van der Waals surface area contributed by atoms with Gasteiger partial charge in [-0.2, -0.15) is 0 Å². The molecule has 0 aliphatic carbocycles. The maximum absolute atomic E-state index is 13.3. The molecular formula is C26H27ClN2O5. The Bertz CT molecular complexity index is 1170. The Balaban J connectivity index is 2.10. The van der Waals surface area contributed by atoms with Crippen molar-refractivity contribution in [3.05, 3.63) is 70.3 Å². The van der Waals surface area contributed by atoms with Gasteiger partial charge in [-0.05, 0) is 68.2 Å². The lowest BCUT2D eigenvalue weighted by Crippen LogP contribution is -2.54. The third-order valence-corrected chi connectivity index (χ3v) is 5.33. The number of hydrogen-bond acceptors (Lipinski definition) is 5. The van der Waals surface area contributed by atoms with E-state index in [9.17, 15) is 14.4 Å². The standard InChI is InChI=1S/C26H27ClN2O5/c1-5-8-18-12-17(14-22(33-7-3)23(18)34-11-6-2)13-20-24(30)28-26(32)29(25(20)31)21-15-19(27)10-9-16(21)4/h5,9-10,12-15H,1,6-8,11H2,2-4H3,(H,28,30,32)/b20-13+. The van der Waals surface area contributed by atoms with E-state index in [2.05, 4.69) is 11.9 Å². The zero-order valence-corrected chi connectivity index (χ0v) is 20.2. The number of nitrogens with one attached hydrogen (secondary N) is 1. The maximum atomic E-state index is 13.3. The Kier molecular flexibility index (Phi) is 8.12. The topological polar surface area (TPSA) is 84.9 Å². The molecule has 1 saturated heterocycles. The highest BCUT2D eigenvalue weighted by atomic mass is 35.5. The largest absolute Gasteiger partial charge is 0.490 e. The first-order valence-electron chi connectivity index (χ1n) is 11.0. The highest BCUT2D eigenvalue weighted by molar-refractivity contribution is 6.39. The number of hydrogen-bond donors (Lipinski definition) is 1. The van der Waals surface area contributed by atoms with Crippen molar-refractivity contribution in [1.29, 1.82) is 0 Å². The van der Waals surface area contributed by atoms with Gasteiger partial charge in [0.1, 0.15) is 5.57 Å². The summed E-state index contributed by atoms with van der Waals surface area (Å²) in [6.45, 7) is 10.3. The summed E-state index contributed by atoms with van der Waals surface area (Å²) < 4.78 is 11.7. The minimum Gasteiger partial charge on any atom is -0.490 e. The van der Waals surface area contributed by atoms with Gasteiger partial charge in [0.15, 0.2) is 11.5 Å². The number of barbiturate groups is 1. The van der Waals surface area contributed by atoms with Crippen molar-refractivity contribution < 1.29 is 23.9 Å². The van der Waals surface area contributed by atoms with Crippen molar-refractivity contribution in [1.82, 2.24) is 5.32 Å². The summed E-state index contributed by atoms with van der Waals surface area (Å²) in [6.07, 6.45) is 4.51. The van der Waals surface area contributed by atoms with Gasteiger partial charge in [-0.25, -0.2) is 9.69 Å². The van der Waals surface area contributed by atoms with E-state index >= 15 is 0 Å². The van der Waals surface area contributed by atoms with Gasteiger partial charge >= 0.3 is 6.03 Å². The maximum Gasteiger partial charge on any atom is 0.335 e. The zero-order valence-electron chi connectivity index (χ0n) is 19.4. The number of anilines is 1. The molecule has 1 N–H and O–H groups in total. The molecule has 0 saturated carbocycles. The number of carbonyl (C=O) groups excluding carboxylic acids is 3. The molecule has 7 nitrogen and oxygen atoms in total. The van der Waals surface area contributed by atoms with Crippen LogP contribution in [0.4, 0.5) is 10.5 Å². The van der Waals surface area contributed by atoms with Crippen LogP contribution >= 0.6 is 11.6 Å². The van der Waals surface area contributed by atoms with Crippen molar-refractivity contribution in [2.45, 2.75) is 33.6 Å². The third-order valence-electron chi connectivity index (χ3n) is 5.09. The summed E-state index contributed by atoms with van der Waals surface area (Å²) in [5.74, 6) is -0.407. The molecule has 0 radical (unpaired) electrons. The quantitative estimate of drug-likeness (QED) is 0.300. The van der Waals surface area contributed by atoms with E-state index in [-0.39, 0.29) is 5.57 Å². The van der Waals surface area contributed by atoms with Gasteiger partial charge in [0, 0.05) is 10.6 Å². The normalized spacial score (nSPS) is 14.9. The molecule has 1 aliphatic rings. The number of aryl methyl sites for hydroxylation is 1. The SMILES string of the molecule is C=CCc1cc(/C=C2\C(=O)NC(=O)N(c3cc(Cl)ccc3C)C2=O)cc(OCC)c1OCCC. The molecule has 0 spiro atoms. The van der Waals surface area contributed by atoms with Crippen molar-refractivity contribution in [2.75, 3.05) is 18.1 Å². The van der Waals surface area contributed by atoms with E-state index in [1.54, 1.807) is 31.2 Å². The van der Waals surface area contributed by atoms with Crippen LogP contribution in [0.25, 0.3) is 6.08 Å². The summed E-state index contributed by atoms with van der Waals surface area (Å²) in [5, 5.41) is 2.60. The second-order valence-electron chi connectivity index (χ2n) is 7.67. The second kappa shape index (κ2) is 11.0. The van der Waals surface area contributed by atoms with Gasteiger partial charge in [0.25, 0.3) is 11.8 Å². The Morgan fingerprint density at radius 1 is 1.12 bits per heavy atom. The minimum atomic E-state index is -0.830.